The van der Waals surface area contributed by atoms with Crippen molar-refractivity contribution in [1.82, 2.24) is 10.3 Å². The predicted octanol–water partition coefficient (Wildman–Crippen LogP) is 0.609. The van der Waals surface area contributed by atoms with Gasteiger partial charge in [-0.25, -0.2) is 4.98 Å². The van der Waals surface area contributed by atoms with Crippen molar-refractivity contribution in [1.29, 1.82) is 5.26 Å². The second kappa shape index (κ2) is 5.20. The van der Waals surface area contributed by atoms with E-state index in [1.165, 1.54) is 0 Å². The van der Waals surface area contributed by atoms with Crippen molar-refractivity contribution in [3.8, 4) is 6.07 Å². The van der Waals surface area contributed by atoms with E-state index < -0.39 is 0 Å². The lowest BCUT2D eigenvalue weighted by molar-refractivity contribution is 0.767. The summed E-state index contributed by atoms with van der Waals surface area (Å²) in [5, 5.41) is 11.6. The highest BCUT2D eigenvalue weighted by Crippen LogP contribution is 2.09. The maximum absolute atomic E-state index is 8.57. The summed E-state index contributed by atoms with van der Waals surface area (Å²) in [5.74, 6) is 0. The largest absolute Gasteiger partial charge is 0.372 e. The van der Waals surface area contributed by atoms with Crippen LogP contribution in [0.15, 0.2) is 18.3 Å². The zero-order chi connectivity index (χ0) is 10.4. The topological polar surface area (TPSA) is 52.0 Å². The number of pyridine rings is 1. The molecule has 4 nitrogen and oxygen atoms in total. The van der Waals surface area contributed by atoms with Crippen LogP contribution in [0, 0.1) is 11.3 Å². The molecule has 0 saturated carbocycles. The average molecular weight is 190 g/mol. The number of likely N-dealkylation sites (N-methyl/N-ethyl adjacent to an activating group) is 2. The Bertz CT molecular complexity index is 312. The van der Waals surface area contributed by atoms with E-state index in [2.05, 4.69) is 15.2 Å². The molecule has 0 radical (unpaired) electrons. The zero-order valence-electron chi connectivity index (χ0n) is 8.49. The van der Waals surface area contributed by atoms with Crippen LogP contribution >= 0.6 is 0 Å². The quantitative estimate of drug-likeness (QED) is 0.755. The van der Waals surface area contributed by atoms with Gasteiger partial charge in [0.25, 0.3) is 0 Å². The normalized spacial score (nSPS) is 9.50. The molecule has 0 saturated heterocycles. The summed E-state index contributed by atoms with van der Waals surface area (Å²) in [6, 6.07) is 5.63. The van der Waals surface area contributed by atoms with Gasteiger partial charge < -0.3 is 10.2 Å². The zero-order valence-corrected chi connectivity index (χ0v) is 8.49. The fourth-order valence-corrected chi connectivity index (χ4v) is 1.09. The van der Waals surface area contributed by atoms with Gasteiger partial charge in [0.15, 0.2) is 0 Å². The SMILES string of the molecule is CNCCN(C)c1ccc(C#N)nc1. The molecule has 0 atom stereocenters. The maximum atomic E-state index is 8.57. The van der Waals surface area contributed by atoms with E-state index in [-0.39, 0.29) is 0 Å². The first-order chi connectivity index (χ1) is 6.77. The summed E-state index contributed by atoms with van der Waals surface area (Å²) in [6.07, 6.45) is 1.72. The second-order valence-corrected chi connectivity index (χ2v) is 3.04. The molecule has 0 fully saturated rings. The summed E-state index contributed by atoms with van der Waals surface area (Å²) >= 11 is 0. The number of rotatable bonds is 4. The van der Waals surface area contributed by atoms with Crippen molar-refractivity contribution in [2.45, 2.75) is 0 Å². The van der Waals surface area contributed by atoms with Crippen LogP contribution in [0.5, 0.6) is 0 Å². The first kappa shape index (κ1) is 10.5. The molecule has 0 aromatic carbocycles. The molecule has 1 rings (SSSR count). The molecule has 1 N–H and O–H groups in total. The van der Waals surface area contributed by atoms with E-state index in [9.17, 15) is 0 Å². The molecule has 0 amide bonds. The van der Waals surface area contributed by atoms with Crippen molar-refractivity contribution in [3.63, 3.8) is 0 Å². The van der Waals surface area contributed by atoms with Crippen LogP contribution in [0.25, 0.3) is 0 Å². The summed E-state index contributed by atoms with van der Waals surface area (Å²) in [4.78, 5) is 6.09. The van der Waals surface area contributed by atoms with Gasteiger partial charge in [0, 0.05) is 20.1 Å². The molecule has 74 valence electrons. The minimum atomic E-state index is 0.454. The van der Waals surface area contributed by atoms with Crippen LogP contribution in [0.2, 0.25) is 0 Å². The lowest BCUT2D eigenvalue weighted by atomic mass is 10.3. The highest BCUT2D eigenvalue weighted by atomic mass is 15.1. The van der Waals surface area contributed by atoms with E-state index in [0.717, 1.165) is 18.8 Å². The second-order valence-electron chi connectivity index (χ2n) is 3.04. The maximum Gasteiger partial charge on any atom is 0.140 e. The molecule has 0 aliphatic heterocycles. The molecule has 4 heteroatoms. The first-order valence-electron chi connectivity index (χ1n) is 4.50. The third kappa shape index (κ3) is 2.71. The lowest BCUT2D eigenvalue weighted by Crippen LogP contribution is -2.27. The van der Waals surface area contributed by atoms with E-state index in [0.29, 0.717) is 5.69 Å². The van der Waals surface area contributed by atoms with Crippen molar-refractivity contribution in [2.24, 2.45) is 0 Å². The van der Waals surface area contributed by atoms with Gasteiger partial charge in [-0.05, 0) is 19.2 Å². The Morgan fingerprint density at radius 1 is 1.57 bits per heavy atom. The summed E-state index contributed by atoms with van der Waals surface area (Å²) in [5.41, 5.74) is 1.48. The smallest absolute Gasteiger partial charge is 0.140 e. The lowest BCUT2D eigenvalue weighted by Gasteiger charge is -2.18. The third-order valence-electron chi connectivity index (χ3n) is 2.00. The molecule has 0 spiro atoms. The van der Waals surface area contributed by atoms with E-state index >= 15 is 0 Å². The van der Waals surface area contributed by atoms with Crippen LogP contribution in [0.1, 0.15) is 5.69 Å². The highest BCUT2D eigenvalue weighted by Gasteiger charge is 2.00. The third-order valence-corrected chi connectivity index (χ3v) is 2.00. The van der Waals surface area contributed by atoms with E-state index in [4.69, 9.17) is 5.26 Å². The fourth-order valence-electron chi connectivity index (χ4n) is 1.09. The van der Waals surface area contributed by atoms with Gasteiger partial charge >= 0.3 is 0 Å². The van der Waals surface area contributed by atoms with Crippen LogP contribution in [-0.4, -0.2) is 32.2 Å². The molecule has 0 aliphatic rings. The monoisotopic (exact) mass is 190 g/mol. The molecular formula is C10H14N4. The Labute approximate surface area is 84.2 Å². The van der Waals surface area contributed by atoms with Gasteiger partial charge in [-0.2, -0.15) is 5.26 Å². The number of hydrogen-bond acceptors (Lipinski definition) is 4. The molecule has 1 aromatic heterocycles. The minimum absolute atomic E-state index is 0.454. The van der Waals surface area contributed by atoms with E-state index in [1.807, 2.05) is 26.2 Å². The van der Waals surface area contributed by atoms with E-state index in [1.54, 1.807) is 12.3 Å². The number of nitrogens with one attached hydrogen (secondary N) is 1. The number of hydrogen-bond donors (Lipinski definition) is 1. The molecule has 14 heavy (non-hydrogen) atoms. The summed E-state index contributed by atoms with van der Waals surface area (Å²) in [7, 11) is 3.92. The Balaban J connectivity index is 2.63. The molecule has 1 aromatic rings. The number of anilines is 1. The van der Waals surface area contributed by atoms with Crippen molar-refractivity contribution < 1.29 is 0 Å². The minimum Gasteiger partial charge on any atom is -0.372 e. The molecule has 0 bridgehead atoms. The molecule has 0 aliphatic carbocycles. The number of nitriles is 1. The van der Waals surface area contributed by atoms with Gasteiger partial charge in [0.2, 0.25) is 0 Å². The molecule has 1 heterocycles. The Hall–Kier alpha value is -1.60. The fraction of sp³-hybridized carbons (Fsp3) is 0.400. The standard InChI is InChI=1S/C10H14N4/c1-12-5-6-14(2)10-4-3-9(7-11)13-8-10/h3-4,8,12H,5-6H2,1-2H3. The van der Waals surface area contributed by atoms with Crippen molar-refractivity contribution in [2.75, 3.05) is 32.1 Å². The van der Waals surface area contributed by atoms with Crippen LogP contribution in [0.3, 0.4) is 0 Å². The van der Waals surface area contributed by atoms with Gasteiger partial charge in [-0.15, -0.1) is 0 Å². The van der Waals surface area contributed by atoms with Crippen LogP contribution in [0.4, 0.5) is 5.69 Å². The van der Waals surface area contributed by atoms with Gasteiger partial charge in [0.05, 0.1) is 11.9 Å². The van der Waals surface area contributed by atoms with Gasteiger partial charge in [0.1, 0.15) is 11.8 Å². The Kier molecular flexibility index (Phi) is 3.89. The van der Waals surface area contributed by atoms with Gasteiger partial charge in [-0.3, -0.25) is 0 Å². The Morgan fingerprint density at radius 2 is 2.36 bits per heavy atom. The van der Waals surface area contributed by atoms with Gasteiger partial charge in [-0.1, -0.05) is 0 Å². The summed E-state index contributed by atoms with van der Waals surface area (Å²) < 4.78 is 0. The molecule has 0 unspecified atom stereocenters. The number of nitrogens with zero attached hydrogens (tertiary/aromatic N) is 3. The van der Waals surface area contributed by atoms with Crippen LogP contribution in [-0.2, 0) is 0 Å². The van der Waals surface area contributed by atoms with Crippen LogP contribution < -0.4 is 10.2 Å². The number of aromatic nitrogens is 1. The van der Waals surface area contributed by atoms with Crippen molar-refractivity contribution >= 4 is 5.69 Å². The first-order valence-corrected chi connectivity index (χ1v) is 4.50. The highest BCUT2D eigenvalue weighted by molar-refractivity contribution is 5.44. The summed E-state index contributed by atoms with van der Waals surface area (Å²) in [6.45, 7) is 1.85. The van der Waals surface area contributed by atoms with Crippen molar-refractivity contribution in [3.05, 3.63) is 24.0 Å². The Morgan fingerprint density at radius 3 is 2.86 bits per heavy atom. The average Bonchev–Trinajstić information content (AvgIpc) is 2.26. The molecular weight excluding hydrogens is 176 g/mol. The predicted molar refractivity (Wildman–Crippen MR) is 56.1 cm³/mol.